The molecule has 2 bridgehead atoms. The maximum Gasteiger partial charge on any atom is 0.187 e. The lowest BCUT2D eigenvalue weighted by Crippen LogP contribution is -2.67. The molecule has 0 unspecified atom stereocenters. The Morgan fingerprint density at radius 3 is 2.14 bits per heavy atom. The van der Waals surface area contributed by atoms with Gasteiger partial charge in [0.25, 0.3) is 0 Å². The van der Waals surface area contributed by atoms with Crippen molar-refractivity contribution in [3.8, 4) is 0 Å². The molecular formula is C22H26O7. The van der Waals surface area contributed by atoms with Gasteiger partial charge < -0.3 is 34.3 Å². The largest absolute Gasteiger partial charge is 0.394 e. The summed E-state index contributed by atoms with van der Waals surface area (Å²) >= 11 is 0. The van der Waals surface area contributed by atoms with Gasteiger partial charge in [-0.25, -0.2) is 0 Å². The average Bonchev–Trinajstić information content (AvgIpc) is 3.17. The van der Waals surface area contributed by atoms with E-state index >= 15 is 0 Å². The van der Waals surface area contributed by atoms with Gasteiger partial charge in [0.2, 0.25) is 0 Å². The summed E-state index contributed by atoms with van der Waals surface area (Å²) in [6.07, 6.45) is -4.84. The summed E-state index contributed by atoms with van der Waals surface area (Å²) in [4.78, 5) is 0. The van der Waals surface area contributed by atoms with E-state index in [1.165, 1.54) is 0 Å². The number of benzene rings is 2. The molecule has 2 aliphatic rings. The molecule has 7 nitrogen and oxygen atoms in total. The predicted octanol–water partition coefficient (Wildman–Crippen LogP) is 0.997. The van der Waals surface area contributed by atoms with Crippen LogP contribution in [0.2, 0.25) is 0 Å². The SMILES string of the molecule is OC[C@H]1O[C@H]2O[C@@H]1[C@](O)(COCc1ccccc1)[C@H](OCc1ccccc1)[C@H]2O. The number of hydrogen-bond acceptors (Lipinski definition) is 7. The highest BCUT2D eigenvalue weighted by Gasteiger charge is 2.63. The molecule has 6 atom stereocenters. The third-order valence-corrected chi connectivity index (χ3v) is 5.40. The summed E-state index contributed by atoms with van der Waals surface area (Å²) in [7, 11) is 0. The number of aliphatic hydroxyl groups is 3. The molecule has 2 aromatic carbocycles. The van der Waals surface area contributed by atoms with Gasteiger partial charge >= 0.3 is 0 Å². The van der Waals surface area contributed by atoms with E-state index < -0.39 is 36.3 Å². The van der Waals surface area contributed by atoms with Crippen molar-refractivity contribution in [2.75, 3.05) is 13.2 Å². The van der Waals surface area contributed by atoms with Gasteiger partial charge in [0, 0.05) is 0 Å². The van der Waals surface area contributed by atoms with Crippen molar-refractivity contribution >= 4 is 0 Å². The average molecular weight is 402 g/mol. The van der Waals surface area contributed by atoms with E-state index in [0.29, 0.717) is 0 Å². The predicted molar refractivity (Wildman–Crippen MR) is 103 cm³/mol. The van der Waals surface area contributed by atoms with Crippen molar-refractivity contribution in [2.45, 2.75) is 49.5 Å². The smallest absolute Gasteiger partial charge is 0.187 e. The van der Waals surface area contributed by atoms with Crippen LogP contribution in [0.1, 0.15) is 11.1 Å². The lowest BCUT2D eigenvalue weighted by Gasteiger charge is -2.45. The Morgan fingerprint density at radius 2 is 1.52 bits per heavy atom. The maximum absolute atomic E-state index is 11.5. The molecular weight excluding hydrogens is 376 g/mol. The second-order valence-corrected chi connectivity index (χ2v) is 7.46. The van der Waals surface area contributed by atoms with Crippen molar-refractivity contribution in [3.05, 3.63) is 71.8 Å². The monoisotopic (exact) mass is 402 g/mol. The molecule has 2 aliphatic heterocycles. The van der Waals surface area contributed by atoms with E-state index in [0.717, 1.165) is 11.1 Å². The molecule has 3 N–H and O–H groups in total. The topological polar surface area (TPSA) is 97.6 Å². The highest BCUT2D eigenvalue weighted by Crippen LogP contribution is 2.41. The second kappa shape index (κ2) is 8.89. The molecule has 0 aliphatic carbocycles. The number of ether oxygens (including phenoxy) is 4. The van der Waals surface area contributed by atoms with Crippen LogP contribution in [-0.2, 0) is 32.2 Å². The highest BCUT2D eigenvalue weighted by molar-refractivity contribution is 5.15. The molecule has 0 radical (unpaired) electrons. The number of aliphatic hydroxyl groups excluding tert-OH is 2. The molecule has 2 aromatic rings. The van der Waals surface area contributed by atoms with E-state index in [2.05, 4.69) is 0 Å². The second-order valence-electron chi connectivity index (χ2n) is 7.46. The van der Waals surface area contributed by atoms with E-state index in [9.17, 15) is 15.3 Å². The lowest BCUT2D eigenvalue weighted by atomic mass is 9.83. The van der Waals surface area contributed by atoms with Crippen molar-refractivity contribution < 1.29 is 34.3 Å². The van der Waals surface area contributed by atoms with Crippen LogP contribution in [0.3, 0.4) is 0 Å². The van der Waals surface area contributed by atoms with Crippen LogP contribution in [0.25, 0.3) is 0 Å². The van der Waals surface area contributed by atoms with Crippen LogP contribution in [0.4, 0.5) is 0 Å². The molecule has 0 amide bonds. The zero-order valence-electron chi connectivity index (χ0n) is 16.0. The van der Waals surface area contributed by atoms with Crippen LogP contribution in [0, 0.1) is 0 Å². The molecule has 7 heteroatoms. The van der Waals surface area contributed by atoms with Gasteiger partial charge in [0.1, 0.15) is 30.0 Å². The van der Waals surface area contributed by atoms with Crippen molar-refractivity contribution in [3.63, 3.8) is 0 Å². The van der Waals surface area contributed by atoms with Gasteiger partial charge in [-0.2, -0.15) is 0 Å². The van der Waals surface area contributed by atoms with Gasteiger partial charge in [-0.05, 0) is 11.1 Å². The van der Waals surface area contributed by atoms with Gasteiger partial charge in [-0.15, -0.1) is 0 Å². The van der Waals surface area contributed by atoms with Crippen molar-refractivity contribution in [2.24, 2.45) is 0 Å². The Kier molecular flexibility index (Phi) is 6.26. The molecule has 4 rings (SSSR count). The van der Waals surface area contributed by atoms with Gasteiger partial charge in [-0.3, -0.25) is 0 Å². The molecule has 2 saturated heterocycles. The zero-order chi connectivity index (χ0) is 20.3. The van der Waals surface area contributed by atoms with Gasteiger partial charge in [0.05, 0.1) is 26.4 Å². The number of rotatable bonds is 8. The van der Waals surface area contributed by atoms with Crippen LogP contribution in [-0.4, -0.2) is 64.8 Å². The Morgan fingerprint density at radius 1 is 0.897 bits per heavy atom. The normalized spacial score (nSPS) is 33.7. The van der Waals surface area contributed by atoms with Crippen molar-refractivity contribution in [1.29, 1.82) is 0 Å². The Hall–Kier alpha value is -1.84. The molecule has 2 heterocycles. The first kappa shape index (κ1) is 20.4. The molecule has 2 fully saturated rings. The minimum atomic E-state index is -1.69. The van der Waals surface area contributed by atoms with E-state index in [1.54, 1.807) is 0 Å². The van der Waals surface area contributed by atoms with Crippen molar-refractivity contribution in [1.82, 2.24) is 0 Å². The molecule has 0 spiro atoms. The minimum Gasteiger partial charge on any atom is -0.394 e. The molecule has 0 saturated carbocycles. The third kappa shape index (κ3) is 4.22. The van der Waals surface area contributed by atoms with E-state index in [4.69, 9.17) is 18.9 Å². The summed E-state index contributed by atoms with van der Waals surface area (Å²) in [5, 5.41) is 31.9. The maximum atomic E-state index is 11.5. The summed E-state index contributed by atoms with van der Waals surface area (Å²) in [6.45, 7) is -0.00577. The van der Waals surface area contributed by atoms with Gasteiger partial charge in [0.15, 0.2) is 6.29 Å². The summed E-state index contributed by atoms with van der Waals surface area (Å²) in [5.74, 6) is 0. The Balaban J connectivity index is 1.51. The van der Waals surface area contributed by atoms with Crippen LogP contribution in [0.15, 0.2) is 60.7 Å². The summed E-state index contributed by atoms with van der Waals surface area (Å²) in [6, 6.07) is 19.1. The number of hydrogen-bond donors (Lipinski definition) is 3. The van der Waals surface area contributed by atoms with Crippen LogP contribution in [0.5, 0.6) is 0 Å². The summed E-state index contributed by atoms with van der Waals surface area (Å²) in [5.41, 5.74) is 0.170. The fourth-order valence-electron chi connectivity index (χ4n) is 3.92. The number of fused-ring (bicyclic) bond motifs is 2. The minimum absolute atomic E-state index is 0.143. The van der Waals surface area contributed by atoms with Crippen LogP contribution >= 0.6 is 0 Å². The quantitative estimate of drug-likeness (QED) is 0.606. The first-order valence-corrected chi connectivity index (χ1v) is 9.71. The molecule has 156 valence electrons. The van der Waals surface area contributed by atoms with Crippen LogP contribution < -0.4 is 0 Å². The Labute approximate surface area is 169 Å². The molecule has 0 aromatic heterocycles. The molecule has 29 heavy (non-hydrogen) atoms. The third-order valence-electron chi connectivity index (χ3n) is 5.40. The first-order valence-electron chi connectivity index (χ1n) is 9.71. The summed E-state index contributed by atoms with van der Waals surface area (Å²) < 4.78 is 23.0. The fraction of sp³-hybridized carbons (Fsp3) is 0.455. The zero-order valence-corrected chi connectivity index (χ0v) is 16.0. The van der Waals surface area contributed by atoms with E-state index in [-0.39, 0.29) is 26.4 Å². The highest BCUT2D eigenvalue weighted by atomic mass is 16.8. The Bertz CT molecular complexity index is 771. The first-order chi connectivity index (χ1) is 14.1. The van der Waals surface area contributed by atoms with Gasteiger partial charge in [-0.1, -0.05) is 60.7 Å². The van der Waals surface area contributed by atoms with E-state index in [1.807, 2.05) is 60.7 Å². The standard InChI is InChI=1S/C22H26O7/c23-11-17-19-22(25,14-26-12-15-7-3-1-4-8-15)20(18(24)21(28-17)29-19)27-13-16-9-5-2-6-10-16/h1-10,17-21,23-25H,11-14H2/t17-,18-,19+,20-,21+,22-/m1/s1. The fourth-order valence-corrected chi connectivity index (χ4v) is 3.92. The lowest BCUT2D eigenvalue weighted by molar-refractivity contribution is -0.291.